The van der Waals surface area contributed by atoms with Crippen LogP contribution in [0.5, 0.6) is 11.5 Å². The van der Waals surface area contributed by atoms with E-state index in [0.717, 1.165) is 0 Å². The van der Waals surface area contributed by atoms with Crippen LogP contribution >= 0.6 is 15.9 Å². The summed E-state index contributed by atoms with van der Waals surface area (Å²) in [6, 6.07) is 10.9. The Morgan fingerprint density at radius 2 is 1.87 bits per heavy atom. The Morgan fingerprint density at radius 3 is 2.43 bits per heavy atom. The summed E-state index contributed by atoms with van der Waals surface area (Å²) in [7, 11) is 1.56. The summed E-state index contributed by atoms with van der Waals surface area (Å²) in [4.78, 5) is 22.0. The van der Waals surface area contributed by atoms with Gasteiger partial charge in [-0.05, 0) is 46.3 Å². The van der Waals surface area contributed by atoms with Crippen molar-refractivity contribution in [3.63, 3.8) is 0 Å². The van der Waals surface area contributed by atoms with Crippen molar-refractivity contribution in [3.05, 3.63) is 57.1 Å². The molecule has 0 fully saturated rings. The highest BCUT2D eigenvalue weighted by Gasteiger charge is 2.11. The van der Waals surface area contributed by atoms with Crippen molar-refractivity contribution in [3.8, 4) is 11.5 Å². The van der Waals surface area contributed by atoms with Gasteiger partial charge in [-0.2, -0.15) is 0 Å². The third-order valence-electron chi connectivity index (χ3n) is 2.87. The van der Waals surface area contributed by atoms with Crippen LogP contribution in [0.4, 0.5) is 11.4 Å². The topological polar surface area (TPSA) is 90.7 Å². The Kier molecular flexibility index (Phi) is 5.53. The summed E-state index contributed by atoms with van der Waals surface area (Å²) in [6.07, 6.45) is 0. The quantitative estimate of drug-likeness (QED) is 0.612. The average Bonchev–Trinajstić information content (AvgIpc) is 2.55. The molecule has 0 aliphatic heterocycles. The number of ether oxygens (including phenoxy) is 2. The van der Waals surface area contributed by atoms with E-state index >= 15 is 0 Å². The lowest BCUT2D eigenvalue weighted by Gasteiger charge is -2.09. The Bertz CT molecular complexity index is 718. The zero-order valence-corrected chi connectivity index (χ0v) is 13.7. The highest BCUT2D eigenvalue weighted by atomic mass is 79.9. The van der Waals surface area contributed by atoms with Gasteiger partial charge in [0.1, 0.15) is 11.5 Å². The number of carbonyl (C=O) groups excluding carboxylic acids is 1. The maximum absolute atomic E-state index is 11.9. The predicted octanol–water partition coefficient (Wildman–Crippen LogP) is 3.38. The number of methoxy groups -OCH3 is 1. The maximum atomic E-state index is 11.9. The number of anilines is 1. The molecule has 23 heavy (non-hydrogen) atoms. The highest BCUT2D eigenvalue weighted by Crippen LogP contribution is 2.27. The fourth-order valence-corrected chi connectivity index (χ4v) is 2.19. The summed E-state index contributed by atoms with van der Waals surface area (Å²) >= 11 is 3.18. The molecule has 120 valence electrons. The number of non-ortho nitro benzene ring substituents is 1. The molecule has 0 saturated heterocycles. The summed E-state index contributed by atoms with van der Waals surface area (Å²) in [6.45, 7) is -0.185. The van der Waals surface area contributed by atoms with Crippen molar-refractivity contribution in [1.82, 2.24) is 0 Å². The van der Waals surface area contributed by atoms with Gasteiger partial charge in [0.2, 0.25) is 0 Å². The van der Waals surface area contributed by atoms with Crippen molar-refractivity contribution in [2.24, 2.45) is 0 Å². The number of halogens is 1. The molecule has 2 aromatic rings. The van der Waals surface area contributed by atoms with Crippen LogP contribution in [0.25, 0.3) is 0 Å². The molecule has 1 amide bonds. The van der Waals surface area contributed by atoms with Gasteiger partial charge in [-0.25, -0.2) is 0 Å². The number of carbonyl (C=O) groups is 1. The zero-order chi connectivity index (χ0) is 16.8. The van der Waals surface area contributed by atoms with Gasteiger partial charge in [-0.3, -0.25) is 14.9 Å². The van der Waals surface area contributed by atoms with Gasteiger partial charge in [0.25, 0.3) is 11.6 Å². The first kappa shape index (κ1) is 16.8. The predicted molar refractivity (Wildman–Crippen MR) is 87.9 cm³/mol. The minimum Gasteiger partial charge on any atom is -0.497 e. The fourth-order valence-electron chi connectivity index (χ4n) is 1.73. The molecule has 0 bridgehead atoms. The number of amides is 1. The lowest BCUT2D eigenvalue weighted by atomic mass is 10.3. The molecule has 0 radical (unpaired) electrons. The fraction of sp³-hybridized carbons (Fsp3) is 0.133. The Balaban J connectivity index is 1.92. The SMILES string of the molecule is COc1ccc(OCC(=O)Nc2ccc([N+](=O)[O-])cc2Br)cc1. The van der Waals surface area contributed by atoms with Crippen LogP contribution in [0.1, 0.15) is 0 Å². The molecule has 0 heterocycles. The monoisotopic (exact) mass is 380 g/mol. The van der Waals surface area contributed by atoms with Gasteiger partial charge in [0.15, 0.2) is 6.61 Å². The highest BCUT2D eigenvalue weighted by molar-refractivity contribution is 9.10. The van der Waals surface area contributed by atoms with E-state index in [9.17, 15) is 14.9 Å². The molecule has 2 rings (SSSR count). The van der Waals surface area contributed by atoms with Crippen LogP contribution in [0, 0.1) is 10.1 Å². The number of nitrogens with one attached hydrogen (secondary N) is 1. The molecular weight excluding hydrogens is 368 g/mol. The van der Waals surface area contributed by atoms with Crippen molar-refractivity contribution < 1.29 is 19.2 Å². The first-order valence-electron chi connectivity index (χ1n) is 6.50. The van der Waals surface area contributed by atoms with Crippen LogP contribution in [0.3, 0.4) is 0 Å². The first-order chi connectivity index (χ1) is 11.0. The number of hydrogen-bond acceptors (Lipinski definition) is 5. The number of nitro groups is 1. The second kappa shape index (κ2) is 7.59. The minimum absolute atomic E-state index is 0.0654. The molecule has 8 heteroatoms. The van der Waals surface area contributed by atoms with E-state index in [1.165, 1.54) is 18.2 Å². The Hall–Kier alpha value is -2.61. The summed E-state index contributed by atoms with van der Waals surface area (Å²) in [5, 5.41) is 13.3. The maximum Gasteiger partial charge on any atom is 0.270 e. The van der Waals surface area contributed by atoms with E-state index in [2.05, 4.69) is 21.2 Å². The molecule has 2 aromatic carbocycles. The van der Waals surface area contributed by atoms with E-state index in [0.29, 0.717) is 21.7 Å². The van der Waals surface area contributed by atoms with E-state index < -0.39 is 4.92 Å². The summed E-state index contributed by atoms with van der Waals surface area (Å²) < 4.78 is 10.8. The normalized spacial score (nSPS) is 10.0. The van der Waals surface area contributed by atoms with Gasteiger partial charge in [-0.15, -0.1) is 0 Å². The lowest BCUT2D eigenvalue weighted by molar-refractivity contribution is -0.384. The van der Waals surface area contributed by atoms with Gasteiger partial charge in [0.05, 0.1) is 17.7 Å². The molecule has 0 spiro atoms. The van der Waals surface area contributed by atoms with E-state index in [4.69, 9.17) is 9.47 Å². The Labute approximate surface area is 140 Å². The molecule has 0 atom stereocenters. The molecular formula is C15H13BrN2O5. The molecule has 0 unspecified atom stereocenters. The van der Waals surface area contributed by atoms with Crippen molar-refractivity contribution >= 4 is 33.2 Å². The standard InChI is InChI=1S/C15H13BrN2O5/c1-22-11-3-5-12(6-4-11)23-9-15(19)17-14-7-2-10(18(20)21)8-13(14)16/h2-8H,9H2,1H3,(H,17,19). The molecule has 0 aromatic heterocycles. The van der Waals surface area contributed by atoms with Crippen LogP contribution in [0.2, 0.25) is 0 Å². The molecule has 1 N–H and O–H groups in total. The minimum atomic E-state index is -0.511. The molecule has 0 aliphatic carbocycles. The van der Waals surface area contributed by atoms with E-state index in [1.54, 1.807) is 31.4 Å². The number of hydrogen-bond donors (Lipinski definition) is 1. The van der Waals surface area contributed by atoms with Gasteiger partial charge >= 0.3 is 0 Å². The van der Waals surface area contributed by atoms with Crippen LogP contribution < -0.4 is 14.8 Å². The second-order valence-electron chi connectivity index (χ2n) is 4.43. The third kappa shape index (κ3) is 4.68. The van der Waals surface area contributed by atoms with Crippen molar-refractivity contribution in [1.29, 1.82) is 0 Å². The second-order valence-corrected chi connectivity index (χ2v) is 5.29. The van der Waals surface area contributed by atoms with Gasteiger partial charge < -0.3 is 14.8 Å². The third-order valence-corrected chi connectivity index (χ3v) is 3.52. The molecule has 7 nitrogen and oxygen atoms in total. The van der Waals surface area contributed by atoms with Crippen LogP contribution in [-0.2, 0) is 4.79 Å². The number of rotatable bonds is 6. The summed E-state index contributed by atoms with van der Waals surface area (Å²) in [5.74, 6) is 0.843. The number of nitro benzene ring substituents is 1. The van der Waals surface area contributed by atoms with Crippen LogP contribution in [0.15, 0.2) is 46.9 Å². The number of benzene rings is 2. The van der Waals surface area contributed by atoms with Gasteiger partial charge in [0, 0.05) is 16.6 Å². The van der Waals surface area contributed by atoms with Crippen molar-refractivity contribution in [2.75, 3.05) is 19.0 Å². The molecule has 0 saturated carbocycles. The average molecular weight is 381 g/mol. The number of nitrogens with zero attached hydrogens (tertiary/aromatic N) is 1. The first-order valence-corrected chi connectivity index (χ1v) is 7.29. The zero-order valence-electron chi connectivity index (χ0n) is 12.1. The van der Waals surface area contributed by atoms with Crippen molar-refractivity contribution in [2.45, 2.75) is 0 Å². The van der Waals surface area contributed by atoms with E-state index in [1.807, 2.05) is 0 Å². The van der Waals surface area contributed by atoms with Crippen LogP contribution in [-0.4, -0.2) is 24.5 Å². The largest absolute Gasteiger partial charge is 0.497 e. The molecule has 0 aliphatic rings. The lowest BCUT2D eigenvalue weighted by Crippen LogP contribution is -2.20. The summed E-state index contributed by atoms with van der Waals surface area (Å²) in [5.41, 5.74) is 0.364. The van der Waals surface area contributed by atoms with E-state index in [-0.39, 0.29) is 18.2 Å². The Morgan fingerprint density at radius 1 is 1.22 bits per heavy atom. The van der Waals surface area contributed by atoms with Gasteiger partial charge in [-0.1, -0.05) is 0 Å². The smallest absolute Gasteiger partial charge is 0.270 e.